The zero-order valence-corrected chi connectivity index (χ0v) is 21.2. The number of nitrogens with zero attached hydrogens (tertiary/aromatic N) is 3. The first-order valence-electron chi connectivity index (χ1n) is 13.2. The third-order valence-corrected chi connectivity index (χ3v) is 8.29. The van der Waals surface area contributed by atoms with Crippen LogP contribution in [-0.2, 0) is 29.1 Å². The van der Waals surface area contributed by atoms with Gasteiger partial charge in [-0.05, 0) is 68.2 Å². The lowest BCUT2D eigenvalue weighted by Crippen LogP contribution is -2.36. The Kier molecular flexibility index (Phi) is 7.01. The van der Waals surface area contributed by atoms with E-state index in [2.05, 4.69) is 11.9 Å². The number of carboxylic acid groups (broad SMARTS) is 1. The minimum Gasteiger partial charge on any atom is -0.481 e. The Morgan fingerprint density at radius 1 is 1.19 bits per heavy atom. The number of aromatic nitrogens is 2. The fourth-order valence-electron chi connectivity index (χ4n) is 6.10. The van der Waals surface area contributed by atoms with E-state index in [1.54, 1.807) is 6.20 Å². The van der Waals surface area contributed by atoms with Crippen LogP contribution in [0.5, 0.6) is 0 Å². The van der Waals surface area contributed by atoms with Crippen LogP contribution in [0.3, 0.4) is 0 Å². The number of rotatable bonds is 10. The van der Waals surface area contributed by atoms with Crippen molar-refractivity contribution in [2.24, 2.45) is 11.3 Å². The van der Waals surface area contributed by atoms with E-state index >= 15 is 0 Å². The highest BCUT2D eigenvalue weighted by molar-refractivity contribution is 5.84. The number of aliphatic carboxylic acids is 1. The van der Waals surface area contributed by atoms with E-state index in [4.69, 9.17) is 0 Å². The SMILES string of the molecule is CCCC(CCCC(=O)N1CCc2c(n(Cc3ccc(F)cc3F)c3ncccc23)C1)C1(C(=O)O)CC1. The highest BCUT2D eigenvalue weighted by Gasteiger charge is 2.55. The lowest BCUT2D eigenvalue weighted by molar-refractivity contribution is -0.146. The molecule has 1 saturated carbocycles. The maximum atomic E-state index is 14.5. The van der Waals surface area contributed by atoms with Gasteiger partial charge in [0, 0.05) is 41.9 Å². The van der Waals surface area contributed by atoms with E-state index in [-0.39, 0.29) is 18.4 Å². The number of benzene rings is 1. The summed E-state index contributed by atoms with van der Waals surface area (Å²) in [4.78, 5) is 31.4. The molecular formula is C29H33F2N3O3. The molecule has 1 atom stereocenters. The number of amides is 1. The van der Waals surface area contributed by atoms with Gasteiger partial charge in [-0.15, -0.1) is 0 Å². The number of hydrogen-bond donors (Lipinski definition) is 1. The van der Waals surface area contributed by atoms with E-state index in [9.17, 15) is 23.5 Å². The molecule has 6 nitrogen and oxygen atoms in total. The van der Waals surface area contributed by atoms with Gasteiger partial charge >= 0.3 is 5.97 Å². The van der Waals surface area contributed by atoms with Crippen molar-refractivity contribution in [3.63, 3.8) is 0 Å². The molecule has 1 aromatic carbocycles. The van der Waals surface area contributed by atoms with Gasteiger partial charge in [0.05, 0.1) is 18.5 Å². The second-order valence-corrected chi connectivity index (χ2v) is 10.5. The van der Waals surface area contributed by atoms with Gasteiger partial charge < -0.3 is 14.6 Å². The minimum absolute atomic E-state index is 0.0544. The standard InChI is InChI=1S/C29H33F2N3O3/c1-2-5-20(29(12-13-29)28(36)37)6-3-8-26(35)33-15-11-22-23-7-4-14-32-27(23)34(25(22)18-33)17-19-9-10-21(30)16-24(19)31/h4,7,9-10,14,16,20H,2-3,5-6,8,11-13,15,17-18H2,1H3,(H,36,37). The summed E-state index contributed by atoms with van der Waals surface area (Å²) < 4.78 is 29.9. The molecule has 0 radical (unpaired) electrons. The molecule has 0 saturated heterocycles. The molecule has 2 aromatic heterocycles. The van der Waals surface area contributed by atoms with Crippen LogP contribution in [0.25, 0.3) is 11.0 Å². The summed E-state index contributed by atoms with van der Waals surface area (Å²) in [6.07, 6.45) is 7.48. The van der Waals surface area contributed by atoms with E-state index in [0.29, 0.717) is 37.9 Å². The second-order valence-electron chi connectivity index (χ2n) is 10.5. The predicted octanol–water partition coefficient (Wildman–Crippen LogP) is 5.70. The van der Waals surface area contributed by atoms with Crippen LogP contribution in [0, 0.1) is 23.0 Å². The fraction of sp³-hybridized carbons (Fsp3) is 0.483. The summed E-state index contributed by atoms with van der Waals surface area (Å²) in [6.45, 7) is 3.28. The average Bonchev–Trinajstić information content (AvgIpc) is 3.64. The van der Waals surface area contributed by atoms with Gasteiger partial charge in [-0.3, -0.25) is 9.59 Å². The first-order valence-corrected chi connectivity index (χ1v) is 13.2. The molecule has 3 aromatic rings. The molecule has 8 heteroatoms. The van der Waals surface area contributed by atoms with Gasteiger partial charge in [0.15, 0.2) is 0 Å². The van der Waals surface area contributed by atoms with Crippen molar-refractivity contribution in [3.8, 4) is 0 Å². The van der Waals surface area contributed by atoms with Crippen LogP contribution in [-0.4, -0.2) is 38.0 Å². The molecule has 37 heavy (non-hydrogen) atoms. The smallest absolute Gasteiger partial charge is 0.309 e. The number of halogens is 2. The van der Waals surface area contributed by atoms with E-state index in [0.717, 1.165) is 60.5 Å². The topological polar surface area (TPSA) is 75.4 Å². The minimum atomic E-state index is -0.695. The zero-order valence-electron chi connectivity index (χ0n) is 21.2. The number of fused-ring (bicyclic) bond motifs is 3. The Morgan fingerprint density at radius 2 is 2.00 bits per heavy atom. The number of carboxylic acids is 1. The van der Waals surface area contributed by atoms with Crippen LogP contribution in [0.2, 0.25) is 0 Å². The predicted molar refractivity (Wildman–Crippen MR) is 136 cm³/mol. The van der Waals surface area contributed by atoms with Crippen molar-refractivity contribution in [3.05, 3.63) is 65.0 Å². The lowest BCUT2D eigenvalue weighted by atomic mass is 9.81. The molecular weight excluding hydrogens is 476 g/mol. The Balaban J connectivity index is 1.31. The fourth-order valence-corrected chi connectivity index (χ4v) is 6.10. The van der Waals surface area contributed by atoms with E-state index in [1.807, 2.05) is 21.6 Å². The van der Waals surface area contributed by atoms with Gasteiger partial charge in [0.2, 0.25) is 5.91 Å². The van der Waals surface area contributed by atoms with Crippen molar-refractivity contribution in [2.45, 2.75) is 71.4 Å². The molecule has 1 amide bonds. The maximum absolute atomic E-state index is 14.5. The maximum Gasteiger partial charge on any atom is 0.309 e. The molecule has 1 fully saturated rings. The van der Waals surface area contributed by atoms with Crippen LogP contribution in [0.15, 0.2) is 36.5 Å². The highest BCUT2D eigenvalue weighted by Crippen LogP contribution is 2.55. The number of carbonyl (C=O) groups is 2. The summed E-state index contributed by atoms with van der Waals surface area (Å²) in [5.41, 5.74) is 2.57. The number of hydrogen-bond acceptors (Lipinski definition) is 3. The summed E-state index contributed by atoms with van der Waals surface area (Å²) in [5, 5.41) is 10.7. The Bertz CT molecular complexity index is 1330. The van der Waals surface area contributed by atoms with Gasteiger partial charge in [-0.25, -0.2) is 13.8 Å². The molecule has 1 unspecified atom stereocenters. The van der Waals surface area contributed by atoms with Crippen molar-refractivity contribution < 1.29 is 23.5 Å². The summed E-state index contributed by atoms with van der Waals surface area (Å²) in [5.74, 6) is -1.74. The van der Waals surface area contributed by atoms with Crippen LogP contribution in [0.1, 0.15) is 68.7 Å². The molecule has 5 rings (SSSR count). The van der Waals surface area contributed by atoms with Crippen molar-refractivity contribution in [1.82, 2.24) is 14.5 Å². The van der Waals surface area contributed by atoms with Gasteiger partial charge in [0.25, 0.3) is 0 Å². The van der Waals surface area contributed by atoms with E-state index in [1.165, 1.54) is 12.1 Å². The number of carbonyl (C=O) groups excluding carboxylic acids is 1. The molecule has 196 valence electrons. The van der Waals surface area contributed by atoms with Crippen molar-refractivity contribution >= 4 is 22.9 Å². The molecule has 0 bridgehead atoms. The largest absolute Gasteiger partial charge is 0.481 e. The molecule has 2 aliphatic rings. The molecule has 1 aliphatic heterocycles. The first-order chi connectivity index (χ1) is 17.8. The third kappa shape index (κ3) is 4.86. The van der Waals surface area contributed by atoms with Gasteiger partial charge in [-0.1, -0.05) is 19.4 Å². The molecule has 0 spiro atoms. The average molecular weight is 510 g/mol. The lowest BCUT2D eigenvalue weighted by Gasteiger charge is -2.29. The molecule has 3 heterocycles. The normalized spacial score (nSPS) is 17.0. The van der Waals surface area contributed by atoms with Crippen LogP contribution in [0.4, 0.5) is 8.78 Å². The summed E-state index contributed by atoms with van der Waals surface area (Å²) >= 11 is 0. The third-order valence-electron chi connectivity index (χ3n) is 8.29. The van der Waals surface area contributed by atoms with Gasteiger partial charge in [0.1, 0.15) is 17.3 Å². The van der Waals surface area contributed by atoms with Crippen LogP contribution >= 0.6 is 0 Å². The van der Waals surface area contributed by atoms with E-state index < -0.39 is 23.0 Å². The monoisotopic (exact) mass is 509 g/mol. The zero-order chi connectivity index (χ0) is 26.2. The summed E-state index contributed by atoms with van der Waals surface area (Å²) in [6, 6.07) is 7.47. The Labute approximate surface area is 215 Å². The second kappa shape index (κ2) is 10.2. The molecule has 1 N–H and O–H groups in total. The quantitative estimate of drug-likeness (QED) is 0.381. The Morgan fingerprint density at radius 3 is 2.70 bits per heavy atom. The molecule has 1 aliphatic carbocycles. The van der Waals surface area contributed by atoms with Crippen molar-refractivity contribution in [1.29, 1.82) is 0 Å². The Hall–Kier alpha value is -3.29. The van der Waals surface area contributed by atoms with Gasteiger partial charge in [-0.2, -0.15) is 0 Å². The van der Waals surface area contributed by atoms with Crippen molar-refractivity contribution in [2.75, 3.05) is 6.54 Å². The first kappa shape index (κ1) is 25.4. The highest BCUT2D eigenvalue weighted by atomic mass is 19.1. The van der Waals surface area contributed by atoms with Crippen LogP contribution < -0.4 is 0 Å². The summed E-state index contributed by atoms with van der Waals surface area (Å²) in [7, 11) is 0. The number of pyridine rings is 1.